The van der Waals surface area contributed by atoms with Crippen molar-refractivity contribution in [3.8, 4) is 10.6 Å². The van der Waals surface area contributed by atoms with Gasteiger partial charge >= 0.3 is 0 Å². The number of carbonyl (C=O) groups is 2. The summed E-state index contributed by atoms with van der Waals surface area (Å²) in [5.74, 6) is -0.176. The third-order valence-electron chi connectivity index (χ3n) is 5.24. The molecule has 1 aliphatic rings. The summed E-state index contributed by atoms with van der Waals surface area (Å²) in [6, 6.07) is 11.6. The van der Waals surface area contributed by atoms with E-state index in [9.17, 15) is 18.0 Å². The van der Waals surface area contributed by atoms with E-state index in [-0.39, 0.29) is 29.5 Å². The predicted octanol–water partition coefficient (Wildman–Crippen LogP) is 2.55. The summed E-state index contributed by atoms with van der Waals surface area (Å²) in [6.07, 6.45) is 0. The van der Waals surface area contributed by atoms with Crippen molar-refractivity contribution in [2.45, 2.75) is 18.7 Å². The number of carbonyl (C=O) groups excluding carboxylic acids is 2. The van der Waals surface area contributed by atoms with Gasteiger partial charge in [0.2, 0.25) is 15.9 Å². The summed E-state index contributed by atoms with van der Waals surface area (Å²) in [5, 5.41) is 9.72. The number of aromatic amines is 1. The van der Waals surface area contributed by atoms with Crippen LogP contribution in [-0.4, -0.2) is 65.8 Å². The van der Waals surface area contributed by atoms with Gasteiger partial charge in [-0.1, -0.05) is 6.07 Å². The fraction of sp³-hybridized carbons (Fsp3) is 0.286. The van der Waals surface area contributed by atoms with E-state index >= 15 is 0 Å². The number of sulfonamides is 1. The first-order chi connectivity index (χ1) is 15.2. The first-order valence-corrected chi connectivity index (χ1v) is 12.3. The number of hydrogen-bond donors (Lipinski definition) is 2. The lowest BCUT2D eigenvalue weighted by Crippen LogP contribution is -2.49. The highest BCUT2D eigenvalue weighted by atomic mass is 32.2. The molecule has 0 saturated carbocycles. The van der Waals surface area contributed by atoms with Gasteiger partial charge < -0.3 is 10.2 Å². The third kappa shape index (κ3) is 4.59. The summed E-state index contributed by atoms with van der Waals surface area (Å²) in [4.78, 5) is 28.0. The minimum atomic E-state index is -3.77. The van der Waals surface area contributed by atoms with E-state index in [4.69, 9.17) is 0 Å². The number of aromatic nitrogens is 2. The number of nitrogens with zero attached hydrogens (tertiary/aromatic N) is 3. The predicted molar refractivity (Wildman–Crippen MR) is 122 cm³/mol. The third-order valence-corrected chi connectivity index (χ3v) is 8.17. The minimum absolute atomic E-state index is 0.0400. The zero-order valence-electron chi connectivity index (χ0n) is 17.7. The van der Waals surface area contributed by atoms with E-state index in [1.165, 1.54) is 34.3 Å². The summed E-state index contributed by atoms with van der Waals surface area (Å²) in [7, 11) is -3.77. The van der Waals surface area contributed by atoms with Crippen molar-refractivity contribution in [1.82, 2.24) is 19.4 Å². The number of piperazine rings is 1. The first kappa shape index (κ1) is 22.2. The van der Waals surface area contributed by atoms with Crippen LogP contribution in [0.4, 0.5) is 5.82 Å². The van der Waals surface area contributed by atoms with Crippen LogP contribution >= 0.6 is 11.3 Å². The highest BCUT2D eigenvalue weighted by Gasteiger charge is 2.29. The summed E-state index contributed by atoms with van der Waals surface area (Å²) in [6.45, 7) is 4.61. The molecule has 0 unspecified atom stereocenters. The van der Waals surface area contributed by atoms with Crippen molar-refractivity contribution < 1.29 is 18.0 Å². The van der Waals surface area contributed by atoms with Crippen LogP contribution < -0.4 is 5.32 Å². The van der Waals surface area contributed by atoms with E-state index < -0.39 is 15.9 Å². The van der Waals surface area contributed by atoms with Gasteiger partial charge in [-0.25, -0.2) is 8.42 Å². The lowest BCUT2D eigenvalue weighted by atomic mass is 10.2. The molecule has 0 radical (unpaired) electrons. The molecule has 32 heavy (non-hydrogen) atoms. The molecule has 1 aliphatic heterocycles. The number of rotatable bonds is 5. The van der Waals surface area contributed by atoms with Crippen LogP contribution in [0.15, 0.2) is 47.4 Å². The fourth-order valence-corrected chi connectivity index (χ4v) is 5.77. The quantitative estimate of drug-likeness (QED) is 0.591. The second kappa shape index (κ2) is 8.85. The molecule has 0 aliphatic carbocycles. The molecular weight excluding hydrogens is 450 g/mol. The van der Waals surface area contributed by atoms with Crippen LogP contribution in [0.1, 0.15) is 22.2 Å². The first-order valence-electron chi connectivity index (χ1n) is 10.0. The Morgan fingerprint density at radius 1 is 1.09 bits per heavy atom. The monoisotopic (exact) mass is 473 g/mol. The lowest BCUT2D eigenvalue weighted by molar-refractivity contribution is -0.129. The number of amides is 2. The number of H-pyrrole nitrogens is 1. The molecule has 2 amide bonds. The van der Waals surface area contributed by atoms with Crippen molar-refractivity contribution in [3.63, 3.8) is 0 Å². The fourth-order valence-electron chi connectivity index (χ4n) is 3.47. The van der Waals surface area contributed by atoms with Crippen molar-refractivity contribution in [2.24, 2.45) is 0 Å². The Hall–Kier alpha value is -3.02. The molecule has 168 valence electrons. The Morgan fingerprint density at radius 3 is 2.50 bits per heavy atom. The molecule has 0 atom stereocenters. The molecule has 0 bridgehead atoms. The molecule has 3 aromatic rings. The Bertz CT molecular complexity index is 1260. The smallest absolute Gasteiger partial charge is 0.256 e. The molecule has 2 N–H and O–H groups in total. The van der Waals surface area contributed by atoms with Crippen molar-refractivity contribution in [3.05, 3.63) is 52.9 Å². The van der Waals surface area contributed by atoms with Crippen LogP contribution in [0.5, 0.6) is 0 Å². The summed E-state index contributed by atoms with van der Waals surface area (Å²) in [5.41, 5.74) is 1.00. The standard InChI is InChI=1S/C21H23N5O4S2/c1-14-6-7-19(31-14)18-13-20(24-23-18)22-21(28)16-4-3-5-17(12-16)32(29,30)26-10-8-25(9-11-26)15(2)27/h3-7,12-13H,8-11H2,1-2H3,(H2,22,23,24,28). The normalized spacial score (nSPS) is 15.0. The maximum Gasteiger partial charge on any atom is 0.256 e. The molecule has 1 saturated heterocycles. The van der Waals surface area contributed by atoms with Gasteiger partial charge in [0.15, 0.2) is 5.82 Å². The number of thiophene rings is 1. The minimum Gasteiger partial charge on any atom is -0.340 e. The number of nitrogens with one attached hydrogen (secondary N) is 2. The van der Waals surface area contributed by atoms with Crippen LogP contribution in [-0.2, 0) is 14.8 Å². The Balaban J connectivity index is 1.47. The van der Waals surface area contributed by atoms with E-state index in [1.54, 1.807) is 28.4 Å². The SMILES string of the molecule is CC(=O)N1CCN(S(=O)(=O)c2cccc(C(=O)Nc3cc(-c4ccc(C)s4)[nH]n3)c2)CC1. The molecule has 2 aromatic heterocycles. The van der Waals surface area contributed by atoms with E-state index in [2.05, 4.69) is 15.5 Å². The molecule has 0 spiro atoms. The highest BCUT2D eigenvalue weighted by molar-refractivity contribution is 7.89. The number of anilines is 1. The maximum absolute atomic E-state index is 13.0. The molecule has 3 heterocycles. The number of benzene rings is 1. The molecule has 1 fully saturated rings. The topological polar surface area (TPSA) is 115 Å². The van der Waals surface area contributed by atoms with Gasteiger partial charge in [-0.15, -0.1) is 11.3 Å². The van der Waals surface area contributed by atoms with Gasteiger partial charge in [0.05, 0.1) is 15.5 Å². The second-order valence-electron chi connectivity index (χ2n) is 7.47. The Labute approximate surface area is 190 Å². The van der Waals surface area contributed by atoms with Gasteiger partial charge in [0, 0.05) is 49.6 Å². The van der Waals surface area contributed by atoms with Crippen LogP contribution in [0.3, 0.4) is 0 Å². The zero-order valence-corrected chi connectivity index (χ0v) is 19.3. The Morgan fingerprint density at radius 2 is 1.84 bits per heavy atom. The van der Waals surface area contributed by atoms with Gasteiger partial charge in [-0.05, 0) is 37.3 Å². The molecule has 9 nitrogen and oxygen atoms in total. The average Bonchev–Trinajstić information content (AvgIpc) is 3.42. The molecule has 11 heteroatoms. The van der Waals surface area contributed by atoms with Crippen LogP contribution in [0.25, 0.3) is 10.6 Å². The van der Waals surface area contributed by atoms with Gasteiger partial charge in [-0.3, -0.25) is 14.7 Å². The Kier molecular flexibility index (Phi) is 6.13. The van der Waals surface area contributed by atoms with Crippen molar-refractivity contribution >= 4 is 39.0 Å². The van der Waals surface area contributed by atoms with Gasteiger partial charge in [0.1, 0.15) is 0 Å². The largest absolute Gasteiger partial charge is 0.340 e. The van der Waals surface area contributed by atoms with Gasteiger partial charge in [-0.2, -0.15) is 9.40 Å². The van der Waals surface area contributed by atoms with Crippen molar-refractivity contribution in [2.75, 3.05) is 31.5 Å². The van der Waals surface area contributed by atoms with Crippen LogP contribution in [0.2, 0.25) is 0 Å². The molecular formula is C21H23N5O4S2. The molecule has 1 aromatic carbocycles. The summed E-state index contributed by atoms with van der Waals surface area (Å²) >= 11 is 1.61. The number of hydrogen-bond acceptors (Lipinski definition) is 6. The van der Waals surface area contributed by atoms with Crippen molar-refractivity contribution in [1.29, 1.82) is 0 Å². The average molecular weight is 474 g/mol. The highest BCUT2D eigenvalue weighted by Crippen LogP contribution is 2.27. The van der Waals surface area contributed by atoms with E-state index in [1.807, 2.05) is 19.1 Å². The zero-order chi connectivity index (χ0) is 22.9. The second-order valence-corrected chi connectivity index (χ2v) is 10.7. The van der Waals surface area contributed by atoms with E-state index in [0.29, 0.717) is 18.9 Å². The lowest BCUT2D eigenvalue weighted by Gasteiger charge is -2.33. The van der Waals surface area contributed by atoms with E-state index in [0.717, 1.165) is 10.6 Å². The molecule has 4 rings (SSSR count). The van der Waals surface area contributed by atoms with Crippen LogP contribution in [0, 0.1) is 6.92 Å². The number of aryl methyl sites for hydroxylation is 1. The summed E-state index contributed by atoms with van der Waals surface area (Å²) < 4.78 is 27.4. The maximum atomic E-state index is 13.0. The van der Waals surface area contributed by atoms with Gasteiger partial charge in [0.25, 0.3) is 5.91 Å².